The molecule has 8 heteroatoms. The molecule has 0 N–H and O–H groups in total. The lowest BCUT2D eigenvalue weighted by molar-refractivity contribution is -0.166. The van der Waals surface area contributed by atoms with Crippen molar-refractivity contribution < 1.29 is 17.9 Å². The van der Waals surface area contributed by atoms with Crippen molar-refractivity contribution in [3.8, 4) is 5.75 Å². The second kappa shape index (κ2) is 5.51. The van der Waals surface area contributed by atoms with Gasteiger partial charge in [0, 0.05) is 23.3 Å². The van der Waals surface area contributed by atoms with E-state index in [1.165, 1.54) is 12.1 Å². The summed E-state index contributed by atoms with van der Waals surface area (Å²) in [5.41, 5.74) is -1.24. The van der Waals surface area contributed by atoms with Crippen LogP contribution in [0.15, 0.2) is 65.1 Å². The molecule has 4 rings (SSSR count). The minimum atomic E-state index is -4.55. The fourth-order valence-electron chi connectivity index (χ4n) is 2.51. The number of ether oxygens (including phenoxy) is 1. The highest BCUT2D eigenvalue weighted by Crippen LogP contribution is 2.52. The maximum absolute atomic E-state index is 13.0. The van der Waals surface area contributed by atoms with E-state index in [4.69, 9.17) is 4.74 Å². The van der Waals surface area contributed by atoms with E-state index in [9.17, 15) is 13.2 Å². The SMILES string of the molecule is FC(F)(F)C1(c2ccc(COc3ccnc4ccccc34)nc2)N=N1. The van der Waals surface area contributed by atoms with Gasteiger partial charge in [-0.1, -0.05) is 18.2 Å². The quantitative estimate of drug-likeness (QED) is 0.705. The van der Waals surface area contributed by atoms with Gasteiger partial charge in [-0.3, -0.25) is 9.97 Å². The van der Waals surface area contributed by atoms with Crippen LogP contribution in [0.3, 0.4) is 0 Å². The highest BCUT2D eigenvalue weighted by Gasteiger charge is 2.65. The lowest BCUT2D eigenvalue weighted by atomic mass is 10.1. The second-order valence-electron chi connectivity index (χ2n) is 5.52. The van der Waals surface area contributed by atoms with Crippen molar-refractivity contribution in [1.29, 1.82) is 0 Å². The van der Waals surface area contributed by atoms with E-state index in [1.807, 2.05) is 24.3 Å². The van der Waals surface area contributed by atoms with Crippen LogP contribution in [-0.2, 0) is 12.3 Å². The number of benzene rings is 1. The first-order chi connectivity index (χ1) is 12.0. The van der Waals surface area contributed by atoms with Crippen LogP contribution in [0.1, 0.15) is 11.3 Å². The number of halogens is 3. The molecule has 0 saturated heterocycles. The fourth-order valence-corrected chi connectivity index (χ4v) is 2.51. The number of nitrogens with zero attached hydrogens (tertiary/aromatic N) is 4. The standard InChI is InChI=1S/C17H11F3N4O/c18-17(19,20)16(23-24-16)11-5-6-12(22-9-11)10-25-15-7-8-21-14-4-2-1-3-13(14)15/h1-9H,10H2. The van der Waals surface area contributed by atoms with Gasteiger partial charge in [-0.2, -0.15) is 13.2 Å². The first-order valence-electron chi connectivity index (χ1n) is 7.42. The summed E-state index contributed by atoms with van der Waals surface area (Å²) in [6, 6.07) is 12.1. The molecule has 126 valence electrons. The van der Waals surface area contributed by atoms with Gasteiger partial charge in [0.25, 0.3) is 0 Å². The number of aromatic nitrogens is 2. The molecule has 0 aliphatic carbocycles. The van der Waals surface area contributed by atoms with Crippen LogP contribution >= 0.6 is 0 Å². The number of fused-ring (bicyclic) bond motifs is 1. The number of hydrogen-bond acceptors (Lipinski definition) is 5. The summed E-state index contributed by atoms with van der Waals surface area (Å²) < 4.78 is 44.6. The summed E-state index contributed by atoms with van der Waals surface area (Å²) in [5.74, 6) is 0.635. The summed E-state index contributed by atoms with van der Waals surface area (Å²) in [6.45, 7) is 0.127. The first kappa shape index (κ1) is 15.5. The number of pyridine rings is 2. The van der Waals surface area contributed by atoms with Crippen molar-refractivity contribution >= 4 is 10.9 Å². The molecular weight excluding hydrogens is 333 g/mol. The van der Waals surface area contributed by atoms with Crippen molar-refractivity contribution in [2.24, 2.45) is 10.2 Å². The van der Waals surface area contributed by atoms with E-state index in [0.29, 0.717) is 11.4 Å². The van der Waals surface area contributed by atoms with Crippen molar-refractivity contribution in [2.45, 2.75) is 18.4 Å². The molecule has 5 nitrogen and oxygen atoms in total. The Bertz CT molecular complexity index is 943. The minimum absolute atomic E-state index is 0.0990. The lowest BCUT2D eigenvalue weighted by Gasteiger charge is -2.14. The summed E-state index contributed by atoms with van der Waals surface area (Å²) >= 11 is 0. The molecule has 0 amide bonds. The Kier molecular flexibility index (Phi) is 3.41. The summed E-state index contributed by atoms with van der Waals surface area (Å²) in [5, 5.41) is 7.16. The van der Waals surface area contributed by atoms with Gasteiger partial charge in [0.1, 0.15) is 12.4 Å². The van der Waals surface area contributed by atoms with Crippen LogP contribution in [0.2, 0.25) is 0 Å². The monoisotopic (exact) mass is 344 g/mol. The van der Waals surface area contributed by atoms with Gasteiger partial charge in [0.15, 0.2) is 0 Å². The van der Waals surface area contributed by atoms with Crippen LogP contribution in [0.5, 0.6) is 5.75 Å². The van der Waals surface area contributed by atoms with Crippen LogP contribution in [-0.4, -0.2) is 16.1 Å². The molecule has 1 aromatic carbocycles. The molecule has 0 fully saturated rings. The van der Waals surface area contributed by atoms with E-state index in [0.717, 1.165) is 17.1 Å². The van der Waals surface area contributed by atoms with Crippen molar-refractivity contribution in [3.05, 3.63) is 66.1 Å². The van der Waals surface area contributed by atoms with Crippen LogP contribution in [0.25, 0.3) is 10.9 Å². The average molecular weight is 344 g/mol. The Morgan fingerprint density at radius 1 is 0.960 bits per heavy atom. The summed E-state index contributed by atoms with van der Waals surface area (Å²) in [6.07, 6.45) is -1.78. The number of rotatable bonds is 4. The van der Waals surface area contributed by atoms with Crippen LogP contribution < -0.4 is 4.74 Å². The van der Waals surface area contributed by atoms with E-state index in [2.05, 4.69) is 20.2 Å². The Balaban J connectivity index is 1.51. The molecule has 1 aliphatic heterocycles. The fraction of sp³-hybridized carbons (Fsp3) is 0.176. The maximum Gasteiger partial charge on any atom is 0.442 e. The molecule has 0 unspecified atom stereocenters. The average Bonchev–Trinajstić information content (AvgIpc) is 3.42. The Labute approximate surface area is 140 Å². The normalized spacial score (nSPS) is 15.3. The van der Waals surface area contributed by atoms with E-state index in [1.54, 1.807) is 12.3 Å². The molecule has 3 aromatic rings. The minimum Gasteiger partial charge on any atom is -0.487 e. The summed E-state index contributed by atoms with van der Waals surface area (Å²) in [7, 11) is 0. The van der Waals surface area contributed by atoms with E-state index < -0.39 is 11.8 Å². The number of alkyl halides is 3. The number of para-hydroxylation sites is 1. The van der Waals surface area contributed by atoms with Crippen molar-refractivity contribution in [1.82, 2.24) is 9.97 Å². The molecule has 25 heavy (non-hydrogen) atoms. The third-order valence-corrected chi connectivity index (χ3v) is 3.91. The molecule has 2 aromatic heterocycles. The summed E-state index contributed by atoms with van der Waals surface area (Å²) in [4.78, 5) is 8.28. The Morgan fingerprint density at radius 2 is 1.76 bits per heavy atom. The predicted molar refractivity (Wildman–Crippen MR) is 82.9 cm³/mol. The third-order valence-electron chi connectivity index (χ3n) is 3.91. The zero-order valence-electron chi connectivity index (χ0n) is 12.7. The number of hydrogen-bond donors (Lipinski definition) is 0. The zero-order valence-corrected chi connectivity index (χ0v) is 12.7. The third kappa shape index (κ3) is 2.69. The molecule has 0 bridgehead atoms. The van der Waals surface area contributed by atoms with Crippen LogP contribution in [0, 0.1) is 0 Å². The van der Waals surface area contributed by atoms with Gasteiger partial charge >= 0.3 is 11.8 Å². The highest BCUT2D eigenvalue weighted by molar-refractivity contribution is 5.84. The van der Waals surface area contributed by atoms with Crippen molar-refractivity contribution in [2.75, 3.05) is 0 Å². The topological polar surface area (TPSA) is 59.7 Å². The zero-order chi connectivity index (χ0) is 17.5. The molecule has 1 aliphatic rings. The second-order valence-corrected chi connectivity index (χ2v) is 5.52. The van der Waals surface area contributed by atoms with E-state index in [-0.39, 0.29) is 12.2 Å². The Morgan fingerprint density at radius 3 is 2.44 bits per heavy atom. The van der Waals surface area contributed by atoms with Crippen LogP contribution in [0.4, 0.5) is 13.2 Å². The van der Waals surface area contributed by atoms with E-state index >= 15 is 0 Å². The van der Waals surface area contributed by atoms with Gasteiger partial charge in [-0.05, 0) is 24.3 Å². The molecule has 3 heterocycles. The smallest absolute Gasteiger partial charge is 0.442 e. The molecule has 0 spiro atoms. The first-order valence-corrected chi connectivity index (χ1v) is 7.42. The molecule has 0 saturated carbocycles. The highest BCUT2D eigenvalue weighted by atomic mass is 19.4. The predicted octanol–water partition coefficient (Wildman–Crippen LogP) is 4.39. The van der Waals surface area contributed by atoms with Gasteiger partial charge in [-0.15, -0.1) is 10.2 Å². The maximum atomic E-state index is 13.0. The Hall–Kier alpha value is -3.03. The van der Waals surface area contributed by atoms with Gasteiger partial charge in [0.2, 0.25) is 0 Å². The van der Waals surface area contributed by atoms with Crippen molar-refractivity contribution in [3.63, 3.8) is 0 Å². The van der Waals surface area contributed by atoms with Gasteiger partial charge < -0.3 is 4.74 Å². The lowest BCUT2D eigenvalue weighted by Crippen LogP contribution is -2.30. The molecular formula is C17H11F3N4O. The largest absolute Gasteiger partial charge is 0.487 e. The molecule has 0 radical (unpaired) electrons. The van der Waals surface area contributed by atoms with Gasteiger partial charge in [-0.25, -0.2) is 0 Å². The van der Waals surface area contributed by atoms with Gasteiger partial charge in [0.05, 0.1) is 11.2 Å². The molecule has 0 atom stereocenters.